The van der Waals surface area contributed by atoms with E-state index in [1.54, 1.807) is 32.2 Å². The Bertz CT molecular complexity index is 1440. The third-order valence-electron chi connectivity index (χ3n) is 7.70. The second-order valence-electron chi connectivity index (χ2n) is 12.0. The Labute approximate surface area is 292 Å². The number of amides is 3. The lowest BCUT2D eigenvalue weighted by molar-refractivity contribution is -0.153. The van der Waals surface area contributed by atoms with E-state index >= 15 is 0 Å². The maximum absolute atomic E-state index is 13.5. The van der Waals surface area contributed by atoms with Crippen LogP contribution in [0.1, 0.15) is 106 Å². The van der Waals surface area contributed by atoms with Crippen LogP contribution < -0.4 is 16.0 Å². The minimum Gasteiger partial charge on any atom is -0.456 e. The maximum Gasteiger partial charge on any atom is 0.329 e. The van der Waals surface area contributed by atoms with Gasteiger partial charge in [-0.25, -0.2) is 9.78 Å². The van der Waals surface area contributed by atoms with E-state index in [1.165, 1.54) is 35.6 Å². The quantitative estimate of drug-likeness (QED) is 0.0973. The normalized spacial score (nSPS) is 20.4. The van der Waals surface area contributed by atoms with Crippen LogP contribution in [0.4, 0.5) is 0 Å². The van der Waals surface area contributed by atoms with Crippen LogP contribution in [-0.2, 0) is 30.3 Å². The van der Waals surface area contributed by atoms with Crippen molar-refractivity contribution in [1.29, 1.82) is 0 Å². The fraction of sp³-hybridized carbons (Fsp3) is 0.500. The van der Waals surface area contributed by atoms with Crippen molar-refractivity contribution < 1.29 is 28.7 Å². The average molecular weight is 697 g/mol. The summed E-state index contributed by atoms with van der Waals surface area (Å²) in [4.78, 5) is 70.0. The molecule has 48 heavy (non-hydrogen) atoms. The van der Waals surface area contributed by atoms with Gasteiger partial charge in [-0.3, -0.25) is 19.2 Å². The van der Waals surface area contributed by atoms with E-state index in [0.717, 1.165) is 31.2 Å². The van der Waals surface area contributed by atoms with Gasteiger partial charge in [0.2, 0.25) is 5.91 Å². The molecule has 1 aromatic heterocycles. The van der Waals surface area contributed by atoms with E-state index in [-0.39, 0.29) is 34.8 Å². The lowest BCUT2D eigenvalue weighted by Gasteiger charge is -2.25. The fourth-order valence-corrected chi connectivity index (χ4v) is 6.63. The van der Waals surface area contributed by atoms with Gasteiger partial charge in [-0.2, -0.15) is 0 Å². The highest BCUT2D eigenvalue weighted by molar-refractivity contribution is 8.13. The minimum absolute atomic E-state index is 0.0290. The lowest BCUT2D eigenvalue weighted by Crippen LogP contribution is -2.48. The van der Waals surface area contributed by atoms with Crippen LogP contribution in [0.25, 0.3) is 0 Å². The molecule has 12 heteroatoms. The highest BCUT2D eigenvalue weighted by Crippen LogP contribution is 2.24. The van der Waals surface area contributed by atoms with Crippen LogP contribution in [-0.4, -0.2) is 51.7 Å². The summed E-state index contributed by atoms with van der Waals surface area (Å²) < 4.78 is 5.83. The molecular weight excluding hydrogens is 649 g/mol. The van der Waals surface area contributed by atoms with Crippen LogP contribution in [0.15, 0.2) is 59.6 Å². The molecule has 0 fully saturated rings. The van der Waals surface area contributed by atoms with Gasteiger partial charge in [-0.15, -0.1) is 11.3 Å². The number of nitrogens with one attached hydrogen (secondary N) is 3. The molecule has 260 valence electrons. The van der Waals surface area contributed by atoms with Crippen molar-refractivity contribution >= 4 is 51.9 Å². The Morgan fingerprint density at radius 2 is 1.81 bits per heavy atom. The number of rotatable bonds is 13. The van der Waals surface area contributed by atoms with E-state index < -0.39 is 36.0 Å². The third kappa shape index (κ3) is 13.0. The van der Waals surface area contributed by atoms with Gasteiger partial charge in [0.05, 0.1) is 12.5 Å². The smallest absolute Gasteiger partial charge is 0.329 e. The second-order valence-corrected chi connectivity index (χ2v) is 14.1. The number of aromatic nitrogens is 1. The maximum atomic E-state index is 13.5. The van der Waals surface area contributed by atoms with Crippen molar-refractivity contribution in [3.63, 3.8) is 0 Å². The highest BCUT2D eigenvalue weighted by Gasteiger charge is 2.31. The van der Waals surface area contributed by atoms with Crippen LogP contribution in [0, 0.1) is 5.92 Å². The van der Waals surface area contributed by atoms with Crippen molar-refractivity contribution in [2.45, 2.75) is 104 Å². The molecule has 0 saturated heterocycles. The molecule has 10 nitrogen and oxygen atoms in total. The van der Waals surface area contributed by atoms with E-state index in [0.29, 0.717) is 30.0 Å². The number of benzene rings is 1. The molecule has 1 aliphatic rings. The lowest BCUT2D eigenvalue weighted by atomic mass is 10.0. The summed E-state index contributed by atoms with van der Waals surface area (Å²) in [5.74, 6) is -2.09. The van der Waals surface area contributed by atoms with Crippen LogP contribution >= 0.6 is 23.1 Å². The first-order valence-electron chi connectivity index (χ1n) is 16.7. The van der Waals surface area contributed by atoms with Crippen molar-refractivity contribution in [1.82, 2.24) is 20.9 Å². The van der Waals surface area contributed by atoms with Gasteiger partial charge in [0.1, 0.15) is 28.5 Å². The van der Waals surface area contributed by atoms with Gasteiger partial charge in [-0.05, 0) is 43.7 Å². The Morgan fingerprint density at radius 3 is 2.52 bits per heavy atom. The summed E-state index contributed by atoms with van der Waals surface area (Å²) in [6, 6.07) is 8.00. The Morgan fingerprint density at radius 1 is 1.06 bits per heavy atom. The number of esters is 1. The standard InChI is InChI=1S/C36H48N4O6S2/c1-5-7-8-9-13-19-31(42)47-20-15-14-18-26-22-30(41)37-28(21-25-16-11-10-12-17-25)35-39-29(23-48-35)34(44)38-27(6-2)33(43)40-32(24(3)4)36(45)46-26/h6,10-12,14,16-18,23-24,26,28,32H,5,7-9,13,15,19-22H2,1-4H3,(H,37,41)(H,38,44)(H,40,43)/t26-,28+,32+/m1/s1. The number of ether oxygens (including phenoxy) is 1. The van der Waals surface area contributed by atoms with Crippen molar-refractivity contribution in [3.05, 3.63) is 75.9 Å². The zero-order chi connectivity index (χ0) is 34.9. The topological polar surface area (TPSA) is 144 Å². The minimum atomic E-state index is -1.04. The number of unbranched alkanes of at least 4 members (excludes halogenated alkanes) is 4. The number of carbonyl (C=O) groups is 5. The number of fused-ring (bicyclic) bond motifs is 2. The third-order valence-corrected chi connectivity index (χ3v) is 9.62. The summed E-state index contributed by atoms with van der Waals surface area (Å²) in [6.45, 7) is 7.29. The van der Waals surface area contributed by atoms with Crippen LogP contribution in [0.3, 0.4) is 0 Å². The van der Waals surface area contributed by atoms with Crippen molar-refractivity contribution in [2.24, 2.45) is 5.92 Å². The molecule has 2 aromatic rings. The van der Waals surface area contributed by atoms with Crippen molar-refractivity contribution in [2.75, 3.05) is 5.75 Å². The van der Waals surface area contributed by atoms with E-state index in [2.05, 4.69) is 27.9 Å². The number of allylic oxidation sites excluding steroid dienone is 2. The number of nitrogens with zero attached hydrogens (tertiary/aromatic N) is 1. The zero-order valence-corrected chi connectivity index (χ0v) is 29.9. The molecule has 1 aliphatic heterocycles. The monoisotopic (exact) mass is 696 g/mol. The zero-order valence-electron chi connectivity index (χ0n) is 28.3. The van der Waals surface area contributed by atoms with E-state index in [4.69, 9.17) is 4.74 Å². The number of thioether (sulfide) groups is 1. The summed E-state index contributed by atoms with van der Waals surface area (Å²) in [7, 11) is 0. The summed E-state index contributed by atoms with van der Waals surface area (Å²) in [5, 5.41) is 10.6. The largest absolute Gasteiger partial charge is 0.456 e. The van der Waals surface area contributed by atoms with Crippen LogP contribution in [0.2, 0.25) is 0 Å². The number of hydrogen-bond acceptors (Lipinski definition) is 9. The first-order valence-corrected chi connectivity index (χ1v) is 18.6. The Kier molecular flexibility index (Phi) is 16.6. The summed E-state index contributed by atoms with van der Waals surface area (Å²) in [6.07, 6.45) is 10.8. The molecule has 2 heterocycles. The Balaban J connectivity index is 1.82. The SMILES string of the molecule is CC=C1NC(=O)c2csc(n2)[C@H](Cc2ccccc2)NC(=O)C[C@@H](C=CCCSC(=O)CCCCCCC)OC(=O)[C@H](C(C)C)NC1=O. The first kappa shape index (κ1) is 38.7. The van der Waals surface area contributed by atoms with Gasteiger partial charge >= 0.3 is 5.97 Å². The predicted octanol–water partition coefficient (Wildman–Crippen LogP) is 6.20. The summed E-state index contributed by atoms with van der Waals surface area (Å²) >= 11 is 2.52. The number of cyclic esters (lactones) is 1. The summed E-state index contributed by atoms with van der Waals surface area (Å²) in [5.41, 5.74) is 1.04. The number of thiazole rings is 1. The molecule has 0 saturated carbocycles. The van der Waals surface area contributed by atoms with Crippen LogP contribution in [0.5, 0.6) is 0 Å². The molecule has 3 amide bonds. The molecular formula is C36H48N4O6S2. The second kappa shape index (κ2) is 20.6. The Hall–Kier alpha value is -3.77. The molecule has 3 rings (SSSR count). The van der Waals surface area contributed by atoms with Gasteiger partial charge in [0.15, 0.2) is 5.12 Å². The molecule has 3 atom stereocenters. The van der Waals surface area contributed by atoms with Gasteiger partial charge in [0, 0.05) is 17.6 Å². The molecule has 3 N–H and O–H groups in total. The molecule has 0 spiro atoms. The molecule has 0 radical (unpaired) electrons. The number of carbonyl (C=O) groups excluding carboxylic acids is 5. The molecule has 0 unspecified atom stereocenters. The van der Waals surface area contributed by atoms with Crippen molar-refractivity contribution in [3.8, 4) is 0 Å². The van der Waals surface area contributed by atoms with Gasteiger partial charge in [0.25, 0.3) is 11.8 Å². The van der Waals surface area contributed by atoms with Gasteiger partial charge in [-0.1, -0.05) is 101 Å². The predicted molar refractivity (Wildman–Crippen MR) is 190 cm³/mol. The van der Waals surface area contributed by atoms with E-state index in [1.807, 2.05) is 36.4 Å². The molecule has 1 aromatic carbocycles. The number of hydrogen-bond donors (Lipinski definition) is 3. The highest BCUT2D eigenvalue weighted by atomic mass is 32.2. The average Bonchev–Trinajstić information content (AvgIpc) is 3.56. The fourth-order valence-electron chi connectivity index (χ4n) is 5.01. The molecule has 2 bridgehead atoms. The van der Waals surface area contributed by atoms with Gasteiger partial charge < -0.3 is 20.7 Å². The first-order chi connectivity index (χ1) is 23.1. The van der Waals surface area contributed by atoms with E-state index in [9.17, 15) is 24.0 Å². The molecule has 0 aliphatic carbocycles.